The Labute approximate surface area is 116 Å². The van der Waals surface area contributed by atoms with Crippen molar-refractivity contribution in [1.29, 1.82) is 0 Å². The van der Waals surface area contributed by atoms with Gasteiger partial charge in [0.2, 0.25) is 0 Å². The first-order chi connectivity index (χ1) is 9.38. The average molecular weight is 283 g/mol. The van der Waals surface area contributed by atoms with Crippen molar-refractivity contribution in [2.45, 2.75) is 31.8 Å². The van der Waals surface area contributed by atoms with Crippen LogP contribution in [0, 0.1) is 11.6 Å². The van der Waals surface area contributed by atoms with Crippen molar-refractivity contribution in [3.05, 3.63) is 29.3 Å². The number of amides is 1. The lowest BCUT2D eigenvalue weighted by atomic mass is 9.98. The molecule has 6 heteroatoms. The zero-order valence-corrected chi connectivity index (χ0v) is 11.6. The summed E-state index contributed by atoms with van der Waals surface area (Å²) in [6, 6.07) is 2.04. The van der Waals surface area contributed by atoms with E-state index in [4.69, 9.17) is 5.73 Å². The van der Waals surface area contributed by atoms with Crippen molar-refractivity contribution < 1.29 is 13.6 Å². The summed E-state index contributed by atoms with van der Waals surface area (Å²) in [6.07, 6.45) is 1.62. The summed E-state index contributed by atoms with van der Waals surface area (Å²) in [7, 11) is 2.03. The molecule has 1 saturated heterocycles. The van der Waals surface area contributed by atoms with E-state index in [1.165, 1.54) is 0 Å². The SMILES string of the molecule is CC1CC(NC(=O)c2cc(N)c(F)cc2F)CCN1C. The van der Waals surface area contributed by atoms with E-state index in [1.54, 1.807) is 0 Å². The molecule has 2 atom stereocenters. The van der Waals surface area contributed by atoms with Gasteiger partial charge in [-0.05, 0) is 32.9 Å². The van der Waals surface area contributed by atoms with E-state index in [-0.39, 0.29) is 17.3 Å². The summed E-state index contributed by atoms with van der Waals surface area (Å²) in [4.78, 5) is 14.3. The lowest BCUT2D eigenvalue weighted by Crippen LogP contribution is -2.47. The van der Waals surface area contributed by atoms with Crippen LogP contribution in [0.25, 0.3) is 0 Å². The van der Waals surface area contributed by atoms with Crippen LogP contribution in [0.15, 0.2) is 12.1 Å². The smallest absolute Gasteiger partial charge is 0.254 e. The second-order valence-electron chi connectivity index (χ2n) is 5.38. The quantitative estimate of drug-likeness (QED) is 0.813. The Morgan fingerprint density at radius 2 is 2.10 bits per heavy atom. The average Bonchev–Trinajstić information content (AvgIpc) is 2.38. The molecule has 20 heavy (non-hydrogen) atoms. The molecule has 1 aromatic rings. The standard InChI is InChI=1S/C14H19F2N3O/c1-8-5-9(3-4-19(8)2)18-14(20)10-6-13(17)12(16)7-11(10)15/h6-9H,3-5,17H2,1-2H3,(H,18,20). The molecule has 0 aliphatic carbocycles. The van der Waals surface area contributed by atoms with Gasteiger partial charge in [-0.1, -0.05) is 0 Å². The fourth-order valence-electron chi connectivity index (χ4n) is 2.42. The summed E-state index contributed by atoms with van der Waals surface area (Å²) in [5, 5.41) is 2.79. The molecule has 1 aromatic carbocycles. The lowest BCUT2D eigenvalue weighted by Gasteiger charge is -2.35. The molecule has 1 aliphatic heterocycles. The number of nitrogens with two attached hydrogens (primary N) is 1. The number of carbonyl (C=O) groups is 1. The summed E-state index contributed by atoms with van der Waals surface area (Å²) in [5.74, 6) is -2.29. The highest BCUT2D eigenvalue weighted by Crippen LogP contribution is 2.19. The minimum absolute atomic E-state index is 0.000576. The maximum atomic E-state index is 13.6. The monoisotopic (exact) mass is 283 g/mol. The minimum Gasteiger partial charge on any atom is -0.396 e. The molecular formula is C14H19F2N3O. The van der Waals surface area contributed by atoms with Crippen LogP contribution in [-0.2, 0) is 0 Å². The van der Waals surface area contributed by atoms with E-state index in [2.05, 4.69) is 17.1 Å². The van der Waals surface area contributed by atoms with Gasteiger partial charge in [0.1, 0.15) is 11.6 Å². The second-order valence-corrected chi connectivity index (χ2v) is 5.38. The Bertz CT molecular complexity index is 521. The number of halogens is 2. The van der Waals surface area contributed by atoms with Gasteiger partial charge in [0, 0.05) is 24.7 Å². The summed E-state index contributed by atoms with van der Waals surface area (Å²) >= 11 is 0. The van der Waals surface area contributed by atoms with Crippen molar-refractivity contribution in [2.24, 2.45) is 0 Å². The first kappa shape index (κ1) is 14.7. The molecule has 1 heterocycles. The maximum absolute atomic E-state index is 13.6. The van der Waals surface area contributed by atoms with Crippen molar-refractivity contribution in [2.75, 3.05) is 19.3 Å². The molecular weight excluding hydrogens is 264 g/mol. The van der Waals surface area contributed by atoms with Gasteiger partial charge in [0.25, 0.3) is 5.91 Å². The van der Waals surface area contributed by atoms with Crippen LogP contribution in [0.1, 0.15) is 30.1 Å². The Kier molecular flexibility index (Phi) is 4.23. The number of carbonyl (C=O) groups excluding carboxylic acids is 1. The molecule has 1 amide bonds. The molecule has 0 bridgehead atoms. The van der Waals surface area contributed by atoms with E-state index < -0.39 is 17.5 Å². The largest absolute Gasteiger partial charge is 0.396 e. The number of benzene rings is 1. The van der Waals surface area contributed by atoms with Crippen LogP contribution < -0.4 is 11.1 Å². The van der Waals surface area contributed by atoms with Crippen molar-refractivity contribution in [1.82, 2.24) is 10.2 Å². The van der Waals surface area contributed by atoms with E-state index in [0.717, 1.165) is 25.5 Å². The van der Waals surface area contributed by atoms with Gasteiger partial charge in [-0.25, -0.2) is 8.78 Å². The summed E-state index contributed by atoms with van der Waals surface area (Å²) in [5.41, 5.74) is 4.93. The van der Waals surface area contributed by atoms with Crippen LogP contribution in [0.4, 0.5) is 14.5 Å². The van der Waals surface area contributed by atoms with Crippen molar-refractivity contribution in [3.63, 3.8) is 0 Å². The predicted octanol–water partition coefficient (Wildman–Crippen LogP) is 1.76. The molecule has 0 radical (unpaired) electrons. The van der Waals surface area contributed by atoms with Crippen LogP contribution in [-0.4, -0.2) is 36.5 Å². The normalized spacial score (nSPS) is 23.6. The Balaban J connectivity index is 2.07. The minimum atomic E-state index is -0.893. The lowest BCUT2D eigenvalue weighted by molar-refractivity contribution is 0.0892. The van der Waals surface area contributed by atoms with Crippen molar-refractivity contribution in [3.8, 4) is 0 Å². The zero-order valence-electron chi connectivity index (χ0n) is 11.6. The van der Waals surface area contributed by atoms with Crippen LogP contribution in [0.2, 0.25) is 0 Å². The zero-order chi connectivity index (χ0) is 14.9. The summed E-state index contributed by atoms with van der Waals surface area (Å²) < 4.78 is 26.7. The number of nitrogen functional groups attached to an aromatic ring is 1. The van der Waals surface area contributed by atoms with Crippen LogP contribution >= 0.6 is 0 Å². The number of anilines is 1. The molecule has 2 rings (SSSR count). The molecule has 0 aromatic heterocycles. The molecule has 1 aliphatic rings. The Morgan fingerprint density at radius 1 is 1.40 bits per heavy atom. The molecule has 3 N–H and O–H groups in total. The first-order valence-corrected chi connectivity index (χ1v) is 6.64. The number of nitrogens with one attached hydrogen (secondary N) is 1. The van der Waals surface area contributed by atoms with Gasteiger partial charge >= 0.3 is 0 Å². The molecule has 4 nitrogen and oxygen atoms in total. The van der Waals surface area contributed by atoms with Gasteiger partial charge in [-0.3, -0.25) is 4.79 Å². The Morgan fingerprint density at radius 3 is 2.75 bits per heavy atom. The molecule has 110 valence electrons. The maximum Gasteiger partial charge on any atom is 0.254 e. The van der Waals surface area contributed by atoms with Gasteiger partial charge in [0.05, 0.1) is 11.3 Å². The van der Waals surface area contributed by atoms with E-state index in [1.807, 2.05) is 7.05 Å². The predicted molar refractivity (Wildman–Crippen MR) is 73.4 cm³/mol. The van der Waals surface area contributed by atoms with E-state index in [0.29, 0.717) is 12.1 Å². The van der Waals surface area contributed by atoms with Crippen LogP contribution in [0.5, 0.6) is 0 Å². The third-order valence-electron chi connectivity index (χ3n) is 3.87. The van der Waals surface area contributed by atoms with Gasteiger partial charge in [0.15, 0.2) is 0 Å². The third kappa shape index (κ3) is 3.07. The highest BCUT2D eigenvalue weighted by atomic mass is 19.1. The van der Waals surface area contributed by atoms with Gasteiger partial charge < -0.3 is 16.0 Å². The molecule has 2 unspecified atom stereocenters. The number of nitrogens with zero attached hydrogens (tertiary/aromatic N) is 1. The van der Waals surface area contributed by atoms with Gasteiger partial charge in [-0.15, -0.1) is 0 Å². The highest BCUT2D eigenvalue weighted by molar-refractivity contribution is 5.95. The fraction of sp³-hybridized carbons (Fsp3) is 0.500. The number of piperidine rings is 1. The third-order valence-corrected chi connectivity index (χ3v) is 3.87. The number of hydrogen-bond donors (Lipinski definition) is 2. The molecule has 1 fully saturated rings. The van der Waals surface area contributed by atoms with Gasteiger partial charge in [-0.2, -0.15) is 0 Å². The first-order valence-electron chi connectivity index (χ1n) is 6.64. The molecule has 0 saturated carbocycles. The fourth-order valence-corrected chi connectivity index (χ4v) is 2.42. The second kappa shape index (κ2) is 5.75. The van der Waals surface area contributed by atoms with Crippen molar-refractivity contribution >= 4 is 11.6 Å². The highest BCUT2D eigenvalue weighted by Gasteiger charge is 2.25. The van der Waals surface area contributed by atoms with E-state index >= 15 is 0 Å². The number of hydrogen-bond acceptors (Lipinski definition) is 3. The molecule has 0 spiro atoms. The Hall–Kier alpha value is -1.69. The van der Waals surface area contributed by atoms with E-state index in [9.17, 15) is 13.6 Å². The number of rotatable bonds is 2. The van der Waals surface area contributed by atoms with Crippen LogP contribution in [0.3, 0.4) is 0 Å². The summed E-state index contributed by atoms with van der Waals surface area (Å²) in [6.45, 7) is 2.95. The number of likely N-dealkylation sites (tertiary alicyclic amines) is 1. The topological polar surface area (TPSA) is 58.4 Å².